The van der Waals surface area contributed by atoms with Crippen molar-refractivity contribution in [2.45, 2.75) is 31.7 Å². The fourth-order valence-corrected chi connectivity index (χ4v) is 2.65. The Hall–Kier alpha value is -2.11. The largest absolute Gasteiger partial charge is 0.497 e. The van der Waals surface area contributed by atoms with Gasteiger partial charge in [0.15, 0.2) is 0 Å². The molecular formula is C15H18FNO4. The van der Waals surface area contributed by atoms with E-state index < -0.39 is 29.7 Å². The van der Waals surface area contributed by atoms with Gasteiger partial charge in [-0.3, -0.25) is 9.59 Å². The zero-order chi connectivity index (χ0) is 15.4. The Labute approximate surface area is 122 Å². The number of nitrogens with one attached hydrogen (secondary N) is 1. The fourth-order valence-electron chi connectivity index (χ4n) is 2.65. The van der Waals surface area contributed by atoms with Crippen molar-refractivity contribution in [3.05, 3.63) is 29.6 Å². The molecule has 1 aliphatic rings. The predicted molar refractivity (Wildman–Crippen MR) is 73.8 cm³/mol. The summed E-state index contributed by atoms with van der Waals surface area (Å²) >= 11 is 0. The number of carbonyl (C=O) groups is 2. The first-order valence-electron chi connectivity index (χ1n) is 6.90. The van der Waals surface area contributed by atoms with E-state index in [1.807, 2.05) is 0 Å². The van der Waals surface area contributed by atoms with Crippen molar-refractivity contribution in [1.29, 1.82) is 0 Å². The van der Waals surface area contributed by atoms with E-state index in [0.717, 1.165) is 18.9 Å². The first-order valence-corrected chi connectivity index (χ1v) is 6.90. The number of carboxylic acid groups (broad SMARTS) is 1. The average molecular weight is 295 g/mol. The molecule has 21 heavy (non-hydrogen) atoms. The summed E-state index contributed by atoms with van der Waals surface area (Å²) < 4.78 is 18.7. The zero-order valence-corrected chi connectivity index (χ0v) is 11.8. The van der Waals surface area contributed by atoms with Crippen LogP contribution in [-0.2, 0) is 4.79 Å². The minimum Gasteiger partial charge on any atom is -0.497 e. The number of amides is 1. The molecule has 1 saturated carbocycles. The zero-order valence-electron chi connectivity index (χ0n) is 11.8. The van der Waals surface area contributed by atoms with Gasteiger partial charge < -0.3 is 15.2 Å². The highest BCUT2D eigenvalue weighted by Gasteiger charge is 2.32. The van der Waals surface area contributed by atoms with Gasteiger partial charge in [0.05, 0.1) is 18.6 Å². The highest BCUT2D eigenvalue weighted by molar-refractivity contribution is 5.95. The molecule has 114 valence electrons. The Morgan fingerprint density at radius 2 is 2.05 bits per heavy atom. The number of rotatable bonds is 4. The Kier molecular flexibility index (Phi) is 4.77. The van der Waals surface area contributed by atoms with Crippen molar-refractivity contribution in [2.24, 2.45) is 5.92 Å². The van der Waals surface area contributed by atoms with Crippen LogP contribution in [0.1, 0.15) is 36.0 Å². The number of halogens is 1. The average Bonchev–Trinajstić information content (AvgIpc) is 2.47. The number of aliphatic carboxylic acids is 1. The summed E-state index contributed by atoms with van der Waals surface area (Å²) in [6, 6.07) is 3.50. The summed E-state index contributed by atoms with van der Waals surface area (Å²) in [5, 5.41) is 11.8. The van der Waals surface area contributed by atoms with E-state index >= 15 is 0 Å². The molecule has 0 aliphatic heterocycles. The van der Waals surface area contributed by atoms with Crippen LogP contribution < -0.4 is 10.1 Å². The number of ether oxygens (including phenoxy) is 1. The van der Waals surface area contributed by atoms with Gasteiger partial charge in [0.1, 0.15) is 11.6 Å². The Bertz CT molecular complexity index is 546. The van der Waals surface area contributed by atoms with Crippen molar-refractivity contribution in [1.82, 2.24) is 5.32 Å². The van der Waals surface area contributed by atoms with Crippen molar-refractivity contribution >= 4 is 11.9 Å². The smallest absolute Gasteiger partial charge is 0.308 e. The summed E-state index contributed by atoms with van der Waals surface area (Å²) in [6.45, 7) is 0. The molecule has 1 aromatic carbocycles. The lowest BCUT2D eigenvalue weighted by Gasteiger charge is -2.29. The minimum absolute atomic E-state index is 0.106. The van der Waals surface area contributed by atoms with Crippen molar-refractivity contribution in [3.63, 3.8) is 0 Å². The number of methoxy groups -OCH3 is 1. The van der Waals surface area contributed by atoms with Crippen LogP contribution >= 0.6 is 0 Å². The first-order chi connectivity index (χ1) is 10.0. The summed E-state index contributed by atoms with van der Waals surface area (Å²) in [5.74, 6) is -2.48. The van der Waals surface area contributed by atoms with Crippen LogP contribution in [0.25, 0.3) is 0 Å². The van der Waals surface area contributed by atoms with Crippen molar-refractivity contribution in [2.75, 3.05) is 7.11 Å². The van der Waals surface area contributed by atoms with Gasteiger partial charge in [-0.25, -0.2) is 4.39 Å². The standard InChI is InChI=1S/C15H18FNO4/c1-21-9-6-7-10(12(16)8-9)14(18)17-13-5-3-2-4-11(13)15(19)20/h6-8,11,13H,2-5H2,1H3,(H,17,18)(H,19,20). The molecule has 2 rings (SSSR count). The molecule has 0 bridgehead atoms. The third-order valence-corrected chi connectivity index (χ3v) is 3.82. The third-order valence-electron chi connectivity index (χ3n) is 3.82. The highest BCUT2D eigenvalue weighted by Crippen LogP contribution is 2.25. The number of carboxylic acids is 1. The summed E-state index contributed by atoms with van der Waals surface area (Å²) in [6.07, 6.45) is 2.83. The van der Waals surface area contributed by atoms with E-state index in [1.165, 1.54) is 19.2 Å². The number of hydrogen-bond donors (Lipinski definition) is 2. The number of hydrogen-bond acceptors (Lipinski definition) is 3. The predicted octanol–water partition coefficient (Wildman–Crippen LogP) is 2.21. The molecule has 2 N–H and O–H groups in total. The third kappa shape index (κ3) is 3.51. The van der Waals surface area contributed by atoms with Gasteiger partial charge in [-0.05, 0) is 25.0 Å². The van der Waals surface area contributed by atoms with Gasteiger partial charge in [-0.15, -0.1) is 0 Å². The molecule has 1 aliphatic carbocycles. The monoisotopic (exact) mass is 295 g/mol. The molecule has 1 aromatic rings. The number of carbonyl (C=O) groups excluding carboxylic acids is 1. The van der Waals surface area contributed by atoms with E-state index in [2.05, 4.69) is 5.32 Å². The molecule has 0 aromatic heterocycles. The first kappa shape index (κ1) is 15.3. The second-order valence-corrected chi connectivity index (χ2v) is 5.15. The van der Waals surface area contributed by atoms with Crippen LogP contribution in [0, 0.1) is 11.7 Å². The van der Waals surface area contributed by atoms with Gasteiger partial charge in [-0.1, -0.05) is 12.8 Å². The van der Waals surface area contributed by atoms with Crippen LogP contribution in [0.4, 0.5) is 4.39 Å². The van der Waals surface area contributed by atoms with E-state index in [9.17, 15) is 19.1 Å². The van der Waals surface area contributed by atoms with Crippen LogP contribution in [0.2, 0.25) is 0 Å². The molecule has 5 nitrogen and oxygen atoms in total. The van der Waals surface area contributed by atoms with E-state index in [1.54, 1.807) is 0 Å². The second-order valence-electron chi connectivity index (χ2n) is 5.15. The van der Waals surface area contributed by atoms with Gasteiger partial charge in [0.2, 0.25) is 0 Å². The van der Waals surface area contributed by atoms with Gasteiger partial charge >= 0.3 is 5.97 Å². The summed E-state index contributed by atoms with van der Waals surface area (Å²) in [5.41, 5.74) is -0.106. The maximum atomic E-state index is 13.8. The second kappa shape index (κ2) is 6.56. The minimum atomic E-state index is -0.921. The van der Waals surface area contributed by atoms with E-state index in [4.69, 9.17) is 4.74 Å². The Morgan fingerprint density at radius 1 is 1.33 bits per heavy atom. The lowest BCUT2D eigenvalue weighted by atomic mass is 9.84. The van der Waals surface area contributed by atoms with Crippen LogP contribution in [0.15, 0.2) is 18.2 Å². The van der Waals surface area contributed by atoms with Gasteiger partial charge in [0, 0.05) is 12.1 Å². The lowest BCUT2D eigenvalue weighted by molar-refractivity contribution is -0.143. The Morgan fingerprint density at radius 3 is 2.67 bits per heavy atom. The van der Waals surface area contributed by atoms with Crippen LogP contribution in [-0.4, -0.2) is 30.1 Å². The molecule has 0 heterocycles. The maximum absolute atomic E-state index is 13.8. The van der Waals surface area contributed by atoms with Gasteiger partial charge in [-0.2, -0.15) is 0 Å². The SMILES string of the molecule is COc1ccc(C(=O)NC2CCCCC2C(=O)O)c(F)c1. The molecule has 1 fully saturated rings. The van der Waals surface area contributed by atoms with Crippen LogP contribution in [0.3, 0.4) is 0 Å². The topological polar surface area (TPSA) is 75.6 Å². The molecule has 6 heteroatoms. The van der Waals surface area contributed by atoms with Gasteiger partial charge in [0.25, 0.3) is 5.91 Å². The number of benzene rings is 1. The quantitative estimate of drug-likeness (QED) is 0.893. The molecule has 0 radical (unpaired) electrons. The summed E-state index contributed by atoms with van der Waals surface area (Å²) in [4.78, 5) is 23.3. The van der Waals surface area contributed by atoms with Crippen molar-refractivity contribution < 1.29 is 23.8 Å². The molecule has 2 unspecified atom stereocenters. The molecule has 1 amide bonds. The molecule has 0 saturated heterocycles. The maximum Gasteiger partial charge on any atom is 0.308 e. The van der Waals surface area contributed by atoms with Crippen LogP contribution in [0.5, 0.6) is 5.75 Å². The van der Waals surface area contributed by atoms with E-state index in [-0.39, 0.29) is 5.56 Å². The fraction of sp³-hybridized carbons (Fsp3) is 0.467. The normalized spacial score (nSPS) is 21.6. The molecule has 2 atom stereocenters. The summed E-state index contributed by atoms with van der Waals surface area (Å²) in [7, 11) is 1.41. The van der Waals surface area contributed by atoms with Crippen molar-refractivity contribution in [3.8, 4) is 5.75 Å². The Balaban J connectivity index is 2.11. The van der Waals surface area contributed by atoms with E-state index in [0.29, 0.717) is 18.6 Å². The molecular weight excluding hydrogens is 277 g/mol. The lowest BCUT2D eigenvalue weighted by Crippen LogP contribution is -2.45. The highest BCUT2D eigenvalue weighted by atomic mass is 19.1. The molecule has 0 spiro atoms.